The molecule has 0 radical (unpaired) electrons. The maximum atomic E-state index is 5.93. The molecule has 1 heterocycles. The molecule has 0 aliphatic rings. The summed E-state index contributed by atoms with van der Waals surface area (Å²) >= 11 is 0. The van der Waals surface area contributed by atoms with Crippen LogP contribution in [0.5, 0.6) is 0 Å². The summed E-state index contributed by atoms with van der Waals surface area (Å²) in [6.07, 6.45) is 3.82. The predicted octanol–water partition coefficient (Wildman–Crippen LogP) is 3.78. The van der Waals surface area contributed by atoms with E-state index in [-0.39, 0.29) is 24.0 Å². The number of nitrogens with two attached hydrogens (primary N) is 1. The molecule has 0 aliphatic heterocycles. The second-order valence-electron chi connectivity index (χ2n) is 5.72. The number of guanidine groups is 1. The predicted molar refractivity (Wildman–Crippen MR) is 113 cm³/mol. The molecule has 0 saturated heterocycles. The molecule has 0 bridgehead atoms. The van der Waals surface area contributed by atoms with Gasteiger partial charge in [-0.2, -0.15) is 5.10 Å². The van der Waals surface area contributed by atoms with Crippen LogP contribution in [0.2, 0.25) is 0 Å². The molecule has 0 fully saturated rings. The molecular formula is C19H22IN5. The molecule has 2 aromatic carbocycles. The molecule has 0 atom stereocenters. The molecule has 0 spiro atoms. The van der Waals surface area contributed by atoms with E-state index in [0.717, 1.165) is 17.8 Å². The number of hydrogen-bond donors (Lipinski definition) is 2. The first-order valence-electron chi connectivity index (χ1n) is 7.88. The highest BCUT2D eigenvalue weighted by Gasteiger charge is 2.00. The average molecular weight is 447 g/mol. The van der Waals surface area contributed by atoms with Gasteiger partial charge in [-0.3, -0.25) is 4.68 Å². The van der Waals surface area contributed by atoms with Crippen molar-refractivity contribution in [3.05, 3.63) is 83.7 Å². The third-order valence-corrected chi connectivity index (χ3v) is 3.63. The van der Waals surface area contributed by atoms with E-state index in [2.05, 4.69) is 27.5 Å². The number of hydrogen-bond acceptors (Lipinski definition) is 2. The highest BCUT2D eigenvalue weighted by molar-refractivity contribution is 14.0. The van der Waals surface area contributed by atoms with Crippen LogP contribution in [0.4, 0.5) is 5.69 Å². The molecule has 3 aromatic rings. The summed E-state index contributed by atoms with van der Waals surface area (Å²) in [6, 6.07) is 18.3. The quantitative estimate of drug-likeness (QED) is 0.356. The van der Waals surface area contributed by atoms with Crippen molar-refractivity contribution >= 4 is 35.6 Å². The molecule has 0 saturated carbocycles. The summed E-state index contributed by atoms with van der Waals surface area (Å²) in [5, 5.41) is 7.46. The van der Waals surface area contributed by atoms with Crippen molar-refractivity contribution in [2.75, 3.05) is 5.32 Å². The monoisotopic (exact) mass is 447 g/mol. The van der Waals surface area contributed by atoms with Gasteiger partial charge in [0, 0.05) is 17.4 Å². The summed E-state index contributed by atoms with van der Waals surface area (Å²) in [6.45, 7) is 3.30. The topological polar surface area (TPSA) is 68.2 Å². The highest BCUT2D eigenvalue weighted by atomic mass is 127. The smallest absolute Gasteiger partial charge is 0.193 e. The van der Waals surface area contributed by atoms with Gasteiger partial charge in [0.05, 0.1) is 19.3 Å². The van der Waals surface area contributed by atoms with E-state index in [1.165, 1.54) is 11.1 Å². The SMILES string of the molecule is Cc1ccc(NC(N)=NCc2cnn(Cc3ccccc3)c2)cc1.I. The fourth-order valence-corrected chi connectivity index (χ4v) is 2.35. The van der Waals surface area contributed by atoms with Gasteiger partial charge in [-0.25, -0.2) is 4.99 Å². The number of rotatable bonds is 5. The number of benzene rings is 2. The number of aliphatic imine (C=N–C) groups is 1. The first kappa shape index (κ1) is 19.0. The third kappa shape index (κ3) is 5.90. The normalized spacial score (nSPS) is 11.0. The Morgan fingerprint density at radius 2 is 1.80 bits per heavy atom. The summed E-state index contributed by atoms with van der Waals surface area (Å²) in [4.78, 5) is 4.36. The minimum Gasteiger partial charge on any atom is -0.370 e. The van der Waals surface area contributed by atoms with E-state index in [0.29, 0.717) is 12.5 Å². The van der Waals surface area contributed by atoms with Gasteiger partial charge in [-0.05, 0) is 24.6 Å². The van der Waals surface area contributed by atoms with E-state index < -0.39 is 0 Å². The number of halogens is 1. The zero-order chi connectivity index (χ0) is 16.8. The van der Waals surface area contributed by atoms with Crippen molar-refractivity contribution in [2.24, 2.45) is 10.7 Å². The molecule has 6 heteroatoms. The van der Waals surface area contributed by atoms with E-state index >= 15 is 0 Å². The summed E-state index contributed by atoms with van der Waals surface area (Å²) in [5.41, 5.74) is 10.3. The molecule has 130 valence electrons. The highest BCUT2D eigenvalue weighted by Crippen LogP contribution is 2.08. The zero-order valence-corrected chi connectivity index (χ0v) is 16.4. The van der Waals surface area contributed by atoms with Crippen LogP contribution >= 0.6 is 24.0 Å². The lowest BCUT2D eigenvalue weighted by Gasteiger charge is -2.05. The zero-order valence-electron chi connectivity index (χ0n) is 14.1. The minimum atomic E-state index is 0. The molecule has 3 rings (SSSR count). The van der Waals surface area contributed by atoms with Crippen LogP contribution < -0.4 is 11.1 Å². The van der Waals surface area contributed by atoms with Gasteiger partial charge in [0.1, 0.15) is 0 Å². The molecule has 25 heavy (non-hydrogen) atoms. The van der Waals surface area contributed by atoms with E-state index in [1.807, 2.05) is 66.5 Å². The van der Waals surface area contributed by atoms with Gasteiger partial charge in [-0.1, -0.05) is 48.0 Å². The Kier molecular flexibility index (Phi) is 7.00. The fourth-order valence-electron chi connectivity index (χ4n) is 2.35. The second kappa shape index (κ2) is 9.22. The average Bonchev–Trinajstić information content (AvgIpc) is 3.03. The first-order valence-corrected chi connectivity index (χ1v) is 7.88. The van der Waals surface area contributed by atoms with Gasteiger partial charge in [0.25, 0.3) is 0 Å². The van der Waals surface area contributed by atoms with E-state index in [9.17, 15) is 0 Å². The van der Waals surface area contributed by atoms with E-state index in [1.54, 1.807) is 0 Å². The standard InChI is InChI=1S/C19H21N5.HI/c1-15-7-9-18(10-8-15)23-19(20)21-11-17-12-22-24(14-17)13-16-5-3-2-4-6-16;/h2-10,12,14H,11,13H2,1H3,(H3,20,21,23);1H. The molecule has 5 nitrogen and oxygen atoms in total. The van der Waals surface area contributed by atoms with Gasteiger partial charge in [0.15, 0.2) is 5.96 Å². The molecule has 0 aliphatic carbocycles. The van der Waals surface area contributed by atoms with Crippen molar-refractivity contribution in [3.8, 4) is 0 Å². The lowest BCUT2D eigenvalue weighted by Crippen LogP contribution is -2.22. The van der Waals surface area contributed by atoms with E-state index in [4.69, 9.17) is 5.73 Å². The van der Waals surface area contributed by atoms with Crippen LogP contribution in [0, 0.1) is 6.92 Å². The maximum absolute atomic E-state index is 5.93. The van der Waals surface area contributed by atoms with Crippen LogP contribution in [0.1, 0.15) is 16.7 Å². The van der Waals surface area contributed by atoms with Crippen LogP contribution in [0.25, 0.3) is 0 Å². The largest absolute Gasteiger partial charge is 0.370 e. The molecular weight excluding hydrogens is 425 g/mol. The second-order valence-corrected chi connectivity index (χ2v) is 5.72. The Bertz CT molecular complexity index is 809. The Balaban J connectivity index is 0.00000225. The van der Waals surface area contributed by atoms with Crippen LogP contribution in [-0.2, 0) is 13.1 Å². The van der Waals surface area contributed by atoms with Crippen molar-refractivity contribution in [2.45, 2.75) is 20.0 Å². The summed E-state index contributed by atoms with van der Waals surface area (Å²) < 4.78 is 1.91. The molecule has 0 amide bonds. The van der Waals surface area contributed by atoms with Gasteiger partial charge in [-0.15, -0.1) is 24.0 Å². The number of aryl methyl sites for hydroxylation is 1. The van der Waals surface area contributed by atoms with Crippen molar-refractivity contribution < 1.29 is 0 Å². The summed E-state index contributed by atoms with van der Waals surface area (Å²) in [5.74, 6) is 0.398. The molecule has 0 unspecified atom stereocenters. The van der Waals surface area contributed by atoms with Crippen LogP contribution in [0.3, 0.4) is 0 Å². The Morgan fingerprint density at radius 3 is 2.52 bits per heavy atom. The lowest BCUT2D eigenvalue weighted by molar-refractivity contribution is 0.686. The molecule has 3 N–H and O–H groups in total. The van der Waals surface area contributed by atoms with Gasteiger partial charge in [0.2, 0.25) is 0 Å². The number of nitrogens with zero attached hydrogens (tertiary/aromatic N) is 3. The van der Waals surface area contributed by atoms with Crippen LogP contribution in [0.15, 0.2) is 72.0 Å². The lowest BCUT2D eigenvalue weighted by atomic mass is 10.2. The Labute approximate surface area is 165 Å². The number of nitrogens with one attached hydrogen (secondary N) is 1. The van der Waals surface area contributed by atoms with Gasteiger partial charge >= 0.3 is 0 Å². The van der Waals surface area contributed by atoms with Gasteiger partial charge < -0.3 is 11.1 Å². The minimum absolute atomic E-state index is 0. The Hall–Kier alpha value is -2.35. The fraction of sp³-hybridized carbons (Fsp3) is 0.158. The summed E-state index contributed by atoms with van der Waals surface area (Å²) in [7, 11) is 0. The Morgan fingerprint density at radius 1 is 1.08 bits per heavy atom. The van der Waals surface area contributed by atoms with Crippen molar-refractivity contribution in [1.29, 1.82) is 0 Å². The molecule has 1 aromatic heterocycles. The third-order valence-electron chi connectivity index (χ3n) is 3.63. The number of aromatic nitrogens is 2. The van der Waals surface area contributed by atoms with Crippen molar-refractivity contribution in [3.63, 3.8) is 0 Å². The van der Waals surface area contributed by atoms with Crippen LogP contribution in [-0.4, -0.2) is 15.7 Å². The van der Waals surface area contributed by atoms with Crippen molar-refractivity contribution in [1.82, 2.24) is 9.78 Å². The first-order chi connectivity index (χ1) is 11.7. The maximum Gasteiger partial charge on any atom is 0.193 e. The number of anilines is 1.